The van der Waals surface area contributed by atoms with Crippen LogP contribution in [0.25, 0.3) is 0 Å². The summed E-state index contributed by atoms with van der Waals surface area (Å²) >= 11 is 0. The van der Waals surface area contributed by atoms with Crippen molar-refractivity contribution in [3.05, 3.63) is 17.8 Å². The maximum atomic E-state index is 5.60. The molecular formula is C11H20N2O2. The average molecular weight is 212 g/mol. The van der Waals surface area contributed by atoms with E-state index in [1.165, 1.54) is 0 Å². The first-order chi connectivity index (χ1) is 7.19. The van der Waals surface area contributed by atoms with Crippen molar-refractivity contribution in [1.29, 1.82) is 0 Å². The van der Waals surface area contributed by atoms with E-state index in [-0.39, 0.29) is 12.1 Å². The third-order valence-corrected chi connectivity index (χ3v) is 2.37. The molecule has 15 heavy (non-hydrogen) atoms. The van der Waals surface area contributed by atoms with Crippen molar-refractivity contribution in [2.24, 2.45) is 0 Å². The number of nitrogens with zero attached hydrogens (tertiary/aromatic N) is 1. The van der Waals surface area contributed by atoms with Crippen molar-refractivity contribution in [3.63, 3.8) is 0 Å². The highest BCUT2D eigenvalue weighted by molar-refractivity contribution is 4.99. The zero-order valence-corrected chi connectivity index (χ0v) is 9.91. The fourth-order valence-electron chi connectivity index (χ4n) is 1.25. The van der Waals surface area contributed by atoms with Crippen LogP contribution in [0.4, 0.5) is 0 Å². The summed E-state index contributed by atoms with van der Waals surface area (Å²) in [6.07, 6.45) is 2.80. The van der Waals surface area contributed by atoms with Crippen LogP contribution in [0.2, 0.25) is 0 Å². The molecule has 2 unspecified atom stereocenters. The van der Waals surface area contributed by atoms with E-state index in [0.717, 1.165) is 24.6 Å². The molecule has 0 aliphatic heterocycles. The number of hydrogen-bond acceptors (Lipinski definition) is 4. The van der Waals surface area contributed by atoms with Gasteiger partial charge in [0.2, 0.25) is 5.89 Å². The Morgan fingerprint density at radius 1 is 1.53 bits per heavy atom. The monoisotopic (exact) mass is 212 g/mol. The van der Waals surface area contributed by atoms with Crippen molar-refractivity contribution in [2.45, 2.75) is 39.3 Å². The molecule has 4 heteroatoms. The van der Waals surface area contributed by atoms with E-state index < -0.39 is 0 Å². The number of hydrogen-bond donors (Lipinski definition) is 1. The molecule has 1 aromatic heterocycles. The SMILES string of the molecule is CCCNC(C)c1ncc(C(C)OC)o1. The highest BCUT2D eigenvalue weighted by Crippen LogP contribution is 2.19. The smallest absolute Gasteiger partial charge is 0.211 e. The van der Waals surface area contributed by atoms with Gasteiger partial charge in [0.05, 0.1) is 12.2 Å². The van der Waals surface area contributed by atoms with Crippen LogP contribution in [0.3, 0.4) is 0 Å². The van der Waals surface area contributed by atoms with Crippen molar-refractivity contribution < 1.29 is 9.15 Å². The van der Waals surface area contributed by atoms with E-state index in [4.69, 9.17) is 9.15 Å². The minimum absolute atomic E-state index is 0.0374. The Morgan fingerprint density at radius 3 is 2.87 bits per heavy atom. The van der Waals surface area contributed by atoms with Gasteiger partial charge in [-0.2, -0.15) is 0 Å². The molecule has 0 radical (unpaired) electrons. The number of nitrogens with one attached hydrogen (secondary N) is 1. The van der Waals surface area contributed by atoms with Gasteiger partial charge in [-0.3, -0.25) is 0 Å². The van der Waals surface area contributed by atoms with Crippen LogP contribution in [0.15, 0.2) is 10.6 Å². The molecule has 0 fully saturated rings. The molecule has 1 N–H and O–H groups in total. The van der Waals surface area contributed by atoms with Crippen LogP contribution in [-0.2, 0) is 4.74 Å². The summed E-state index contributed by atoms with van der Waals surface area (Å²) < 4.78 is 10.8. The number of ether oxygens (including phenoxy) is 1. The third kappa shape index (κ3) is 3.32. The summed E-state index contributed by atoms with van der Waals surface area (Å²) in [5.74, 6) is 1.50. The molecule has 86 valence electrons. The van der Waals surface area contributed by atoms with E-state index in [2.05, 4.69) is 17.2 Å². The molecule has 0 spiro atoms. The third-order valence-electron chi connectivity index (χ3n) is 2.37. The molecule has 0 bridgehead atoms. The molecule has 0 aromatic carbocycles. The lowest BCUT2D eigenvalue weighted by atomic mass is 10.3. The standard InChI is InChI=1S/C11H20N2O2/c1-5-6-12-8(2)11-13-7-10(15-11)9(3)14-4/h7-9,12H,5-6H2,1-4H3. The molecule has 1 aromatic rings. The van der Waals surface area contributed by atoms with Crippen LogP contribution in [0.1, 0.15) is 51.0 Å². The van der Waals surface area contributed by atoms with Crippen molar-refractivity contribution in [3.8, 4) is 0 Å². The van der Waals surface area contributed by atoms with Gasteiger partial charge in [-0.05, 0) is 26.8 Å². The van der Waals surface area contributed by atoms with Gasteiger partial charge in [-0.15, -0.1) is 0 Å². The quantitative estimate of drug-likeness (QED) is 0.786. The Morgan fingerprint density at radius 2 is 2.27 bits per heavy atom. The number of methoxy groups -OCH3 is 1. The maximum absolute atomic E-state index is 5.60. The van der Waals surface area contributed by atoms with Gasteiger partial charge in [0.1, 0.15) is 6.10 Å². The highest BCUT2D eigenvalue weighted by atomic mass is 16.5. The van der Waals surface area contributed by atoms with Gasteiger partial charge >= 0.3 is 0 Å². The molecule has 2 atom stereocenters. The number of rotatable bonds is 6. The van der Waals surface area contributed by atoms with Crippen LogP contribution in [0, 0.1) is 0 Å². The Labute approximate surface area is 91.0 Å². The fraction of sp³-hybridized carbons (Fsp3) is 0.727. The molecule has 4 nitrogen and oxygen atoms in total. The normalized spacial score (nSPS) is 15.2. The molecular weight excluding hydrogens is 192 g/mol. The number of oxazole rings is 1. The molecule has 1 rings (SSSR count). The second kappa shape index (κ2) is 5.88. The summed E-state index contributed by atoms with van der Waals surface area (Å²) in [7, 11) is 1.66. The molecule has 1 heterocycles. The van der Waals surface area contributed by atoms with E-state index in [1.54, 1.807) is 13.3 Å². The predicted octanol–water partition coefficient (Wildman–Crippen LogP) is 2.44. The Hall–Kier alpha value is -0.870. The molecule has 0 saturated carbocycles. The minimum Gasteiger partial charge on any atom is -0.441 e. The van der Waals surface area contributed by atoms with E-state index >= 15 is 0 Å². The van der Waals surface area contributed by atoms with Gasteiger partial charge < -0.3 is 14.5 Å². The summed E-state index contributed by atoms with van der Waals surface area (Å²) in [6, 6.07) is 0.155. The summed E-state index contributed by atoms with van der Waals surface area (Å²) in [4.78, 5) is 4.23. The summed E-state index contributed by atoms with van der Waals surface area (Å²) in [5, 5.41) is 3.32. The second-order valence-corrected chi connectivity index (χ2v) is 3.65. The Bertz CT molecular complexity index is 286. The Balaban J connectivity index is 2.58. The molecule has 0 aliphatic rings. The van der Waals surface area contributed by atoms with Crippen LogP contribution in [0.5, 0.6) is 0 Å². The first-order valence-electron chi connectivity index (χ1n) is 5.40. The summed E-state index contributed by atoms with van der Waals surface area (Å²) in [5.41, 5.74) is 0. The zero-order chi connectivity index (χ0) is 11.3. The van der Waals surface area contributed by atoms with Gasteiger partial charge in [0, 0.05) is 7.11 Å². The minimum atomic E-state index is -0.0374. The number of aromatic nitrogens is 1. The van der Waals surface area contributed by atoms with E-state index in [0.29, 0.717) is 0 Å². The largest absolute Gasteiger partial charge is 0.441 e. The Kier molecular flexibility index (Phi) is 4.78. The topological polar surface area (TPSA) is 47.3 Å². The first-order valence-corrected chi connectivity index (χ1v) is 5.40. The average Bonchev–Trinajstić information content (AvgIpc) is 2.74. The van der Waals surface area contributed by atoms with Gasteiger partial charge in [-0.1, -0.05) is 6.92 Å². The lowest BCUT2D eigenvalue weighted by Gasteiger charge is -2.09. The molecule has 0 amide bonds. The van der Waals surface area contributed by atoms with E-state index in [1.807, 2.05) is 13.8 Å². The lowest BCUT2D eigenvalue weighted by Crippen LogP contribution is -2.19. The van der Waals surface area contributed by atoms with Crippen LogP contribution >= 0.6 is 0 Å². The maximum Gasteiger partial charge on any atom is 0.211 e. The zero-order valence-electron chi connectivity index (χ0n) is 9.91. The van der Waals surface area contributed by atoms with Gasteiger partial charge in [0.15, 0.2) is 5.76 Å². The molecule has 0 saturated heterocycles. The lowest BCUT2D eigenvalue weighted by molar-refractivity contribution is 0.0976. The van der Waals surface area contributed by atoms with Crippen molar-refractivity contribution in [2.75, 3.05) is 13.7 Å². The van der Waals surface area contributed by atoms with Crippen LogP contribution < -0.4 is 5.32 Å². The summed E-state index contributed by atoms with van der Waals surface area (Å²) in [6.45, 7) is 7.09. The van der Waals surface area contributed by atoms with Crippen molar-refractivity contribution >= 4 is 0 Å². The van der Waals surface area contributed by atoms with Crippen LogP contribution in [-0.4, -0.2) is 18.6 Å². The van der Waals surface area contributed by atoms with Gasteiger partial charge in [-0.25, -0.2) is 4.98 Å². The molecule has 0 aliphatic carbocycles. The highest BCUT2D eigenvalue weighted by Gasteiger charge is 2.14. The second-order valence-electron chi connectivity index (χ2n) is 3.65. The van der Waals surface area contributed by atoms with Crippen molar-refractivity contribution in [1.82, 2.24) is 10.3 Å². The predicted molar refractivity (Wildman–Crippen MR) is 58.6 cm³/mol. The fourth-order valence-corrected chi connectivity index (χ4v) is 1.25. The van der Waals surface area contributed by atoms with E-state index in [9.17, 15) is 0 Å². The first kappa shape index (κ1) is 12.2. The van der Waals surface area contributed by atoms with Gasteiger partial charge in [0.25, 0.3) is 0 Å².